The van der Waals surface area contributed by atoms with Crippen molar-refractivity contribution in [1.29, 1.82) is 0 Å². The predicted molar refractivity (Wildman–Crippen MR) is 104 cm³/mol. The van der Waals surface area contributed by atoms with E-state index >= 15 is 0 Å². The minimum Gasteiger partial charge on any atom is -0.493 e. The second kappa shape index (κ2) is 11.0. The topological polar surface area (TPSA) is 66.0 Å². The molecule has 0 saturated carbocycles. The summed E-state index contributed by atoms with van der Waals surface area (Å²) in [7, 11) is 4.68. The lowest BCUT2D eigenvalue weighted by Gasteiger charge is -2.21. The van der Waals surface area contributed by atoms with E-state index in [1.54, 1.807) is 39.5 Å². The number of amides is 1. The third-order valence-corrected chi connectivity index (χ3v) is 5.42. The molecule has 1 aromatic carbocycles. The molecule has 0 aromatic heterocycles. The zero-order valence-electron chi connectivity index (χ0n) is 15.6. The van der Waals surface area contributed by atoms with Crippen LogP contribution in [0.1, 0.15) is 18.4 Å². The minimum absolute atomic E-state index is 0.119. The average molecular weight is 381 g/mol. The van der Waals surface area contributed by atoms with Crippen molar-refractivity contribution in [3.8, 4) is 17.2 Å². The molecule has 7 heteroatoms. The van der Waals surface area contributed by atoms with E-state index in [2.05, 4.69) is 5.32 Å². The van der Waals surface area contributed by atoms with E-state index in [0.29, 0.717) is 29.0 Å². The van der Waals surface area contributed by atoms with Crippen molar-refractivity contribution >= 4 is 23.7 Å². The lowest BCUT2D eigenvalue weighted by molar-refractivity contribution is -0.116. The summed E-state index contributed by atoms with van der Waals surface area (Å²) >= 11 is 1.90. The molecule has 1 N–H and O–H groups in total. The molecule has 0 unspecified atom stereocenters. The van der Waals surface area contributed by atoms with Crippen molar-refractivity contribution in [1.82, 2.24) is 5.32 Å². The predicted octanol–water partition coefficient (Wildman–Crippen LogP) is 2.75. The summed E-state index contributed by atoms with van der Waals surface area (Å²) < 4.78 is 21.3. The largest absolute Gasteiger partial charge is 0.493 e. The summed E-state index contributed by atoms with van der Waals surface area (Å²) in [6, 6.07) is 3.60. The molecule has 26 heavy (non-hydrogen) atoms. The van der Waals surface area contributed by atoms with E-state index < -0.39 is 0 Å². The van der Waals surface area contributed by atoms with Crippen molar-refractivity contribution in [2.75, 3.05) is 46.8 Å². The van der Waals surface area contributed by atoms with Crippen LogP contribution in [0.15, 0.2) is 18.2 Å². The van der Waals surface area contributed by atoms with Crippen LogP contribution in [0.5, 0.6) is 17.2 Å². The van der Waals surface area contributed by atoms with Gasteiger partial charge in [-0.2, -0.15) is 11.8 Å². The Morgan fingerprint density at radius 2 is 1.85 bits per heavy atom. The van der Waals surface area contributed by atoms with Crippen molar-refractivity contribution in [2.45, 2.75) is 18.1 Å². The Hall–Kier alpha value is -1.86. The zero-order chi connectivity index (χ0) is 18.8. The highest BCUT2D eigenvalue weighted by molar-refractivity contribution is 7.99. The van der Waals surface area contributed by atoms with Gasteiger partial charge in [0, 0.05) is 36.8 Å². The van der Waals surface area contributed by atoms with Gasteiger partial charge >= 0.3 is 0 Å². The van der Waals surface area contributed by atoms with Crippen LogP contribution in [-0.4, -0.2) is 58.0 Å². The summed E-state index contributed by atoms with van der Waals surface area (Å²) in [6.45, 7) is 2.35. The molecule has 0 atom stereocenters. The van der Waals surface area contributed by atoms with Crippen LogP contribution >= 0.6 is 11.8 Å². The van der Waals surface area contributed by atoms with Crippen molar-refractivity contribution in [3.63, 3.8) is 0 Å². The highest BCUT2D eigenvalue weighted by atomic mass is 32.2. The van der Waals surface area contributed by atoms with Gasteiger partial charge in [-0.1, -0.05) is 0 Å². The van der Waals surface area contributed by atoms with Gasteiger partial charge in [0.15, 0.2) is 11.5 Å². The molecule has 1 saturated heterocycles. The molecule has 2 rings (SSSR count). The smallest absolute Gasteiger partial charge is 0.244 e. The Morgan fingerprint density at radius 1 is 1.19 bits per heavy atom. The summed E-state index contributed by atoms with van der Waals surface area (Å²) in [5.74, 6) is 2.43. The number of methoxy groups -OCH3 is 3. The second-order valence-corrected chi connectivity index (χ2v) is 7.17. The van der Waals surface area contributed by atoms with Crippen LogP contribution in [0.2, 0.25) is 0 Å². The van der Waals surface area contributed by atoms with E-state index in [1.807, 2.05) is 11.8 Å². The Bertz CT molecular complexity index is 589. The molecule has 0 bridgehead atoms. The van der Waals surface area contributed by atoms with Crippen LogP contribution in [0.4, 0.5) is 0 Å². The number of hydrogen-bond donors (Lipinski definition) is 1. The monoisotopic (exact) mass is 381 g/mol. The van der Waals surface area contributed by atoms with Crippen molar-refractivity contribution in [3.05, 3.63) is 23.8 Å². The van der Waals surface area contributed by atoms with Crippen LogP contribution in [-0.2, 0) is 9.53 Å². The molecule has 1 fully saturated rings. The average Bonchev–Trinajstić information content (AvgIpc) is 2.69. The fourth-order valence-electron chi connectivity index (χ4n) is 2.67. The number of thioether (sulfide) groups is 1. The third-order valence-electron chi connectivity index (χ3n) is 4.04. The van der Waals surface area contributed by atoms with E-state index in [1.165, 1.54) is 6.08 Å². The first-order valence-electron chi connectivity index (χ1n) is 8.63. The lowest BCUT2D eigenvalue weighted by Crippen LogP contribution is -2.25. The standard InChI is InChI=1S/C19H27NO5S/c1-22-16-12-14(13-17(23-2)19(16)24-3)4-5-18(21)20-8-11-26-15-6-9-25-10-7-15/h4-5,12-13,15H,6-11H2,1-3H3,(H,20,21)/b5-4+. The minimum atomic E-state index is -0.119. The molecular formula is C19H27NO5S. The van der Waals surface area contributed by atoms with Gasteiger partial charge in [0.05, 0.1) is 21.3 Å². The summed E-state index contributed by atoms with van der Waals surface area (Å²) in [6.07, 6.45) is 5.44. The van der Waals surface area contributed by atoms with Gasteiger partial charge in [0.2, 0.25) is 11.7 Å². The number of benzene rings is 1. The van der Waals surface area contributed by atoms with Crippen LogP contribution in [0, 0.1) is 0 Å². The lowest BCUT2D eigenvalue weighted by atomic mass is 10.1. The molecule has 0 aliphatic carbocycles. The maximum Gasteiger partial charge on any atom is 0.244 e. The Kier molecular flexibility index (Phi) is 8.64. The van der Waals surface area contributed by atoms with Crippen LogP contribution in [0.3, 0.4) is 0 Å². The molecular weight excluding hydrogens is 354 g/mol. The van der Waals surface area contributed by atoms with Gasteiger partial charge in [0.25, 0.3) is 0 Å². The molecule has 0 radical (unpaired) electrons. The fraction of sp³-hybridized carbons (Fsp3) is 0.526. The number of rotatable bonds is 9. The van der Waals surface area contributed by atoms with E-state index in [0.717, 1.165) is 37.4 Å². The number of ether oxygens (including phenoxy) is 4. The van der Waals surface area contributed by atoms with Gasteiger partial charge in [-0.25, -0.2) is 0 Å². The van der Waals surface area contributed by atoms with E-state index in [4.69, 9.17) is 18.9 Å². The second-order valence-electron chi connectivity index (χ2n) is 5.77. The molecule has 1 heterocycles. The fourth-order valence-corrected chi connectivity index (χ4v) is 3.75. The van der Waals surface area contributed by atoms with Gasteiger partial charge in [-0.3, -0.25) is 4.79 Å². The van der Waals surface area contributed by atoms with E-state index in [9.17, 15) is 4.79 Å². The Morgan fingerprint density at radius 3 is 2.42 bits per heavy atom. The summed E-state index contributed by atoms with van der Waals surface area (Å²) in [5.41, 5.74) is 0.797. The van der Waals surface area contributed by atoms with Gasteiger partial charge in [-0.15, -0.1) is 0 Å². The van der Waals surface area contributed by atoms with Crippen LogP contribution < -0.4 is 19.5 Å². The van der Waals surface area contributed by atoms with Crippen LogP contribution in [0.25, 0.3) is 6.08 Å². The molecule has 1 aromatic rings. The zero-order valence-corrected chi connectivity index (χ0v) is 16.4. The molecule has 6 nitrogen and oxygen atoms in total. The highest BCUT2D eigenvalue weighted by Gasteiger charge is 2.14. The number of nitrogens with one attached hydrogen (secondary N) is 1. The quantitative estimate of drug-likeness (QED) is 0.524. The van der Waals surface area contributed by atoms with Crippen molar-refractivity contribution in [2.24, 2.45) is 0 Å². The third kappa shape index (κ3) is 6.14. The van der Waals surface area contributed by atoms with Gasteiger partial charge < -0.3 is 24.3 Å². The molecule has 144 valence electrons. The summed E-state index contributed by atoms with van der Waals surface area (Å²) in [5, 5.41) is 3.56. The molecule has 1 aliphatic heterocycles. The molecule has 0 spiro atoms. The Balaban J connectivity index is 1.83. The number of hydrogen-bond acceptors (Lipinski definition) is 6. The molecule has 1 aliphatic rings. The van der Waals surface area contributed by atoms with Crippen molar-refractivity contribution < 1.29 is 23.7 Å². The first-order chi connectivity index (χ1) is 12.7. The Labute approximate surface area is 159 Å². The van der Waals surface area contributed by atoms with Gasteiger partial charge in [-0.05, 0) is 36.6 Å². The normalized spacial score (nSPS) is 15.0. The number of carbonyl (C=O) groups is 1. The maximum absolute atomic E-state index is 12.0. The summed E-state index contributed by atoms with van der Waals surface area (Å²) in [4.78, 5) is 12.0. The SMILES string of the molecule is COc1cc(/C=C/C(=O)NCCSC2CCOCC2)cc(OC)c1OC. The highest BCUT2D eigenvalue weighted by Crippen LogP contribution is 2.38. The first kappa shape index (κ1) is 20.5. The van der Waals surface area contributed by atoms with Gasteiger partial charge in [0.1, 0.15) is 0 Å². The van der Waals surface area contributed by atoms with E-state index in [-0.39, 0.29) is 5.91 Å². The number of carbonyl (C=O) groups excluding carboxylic acids is 1. The maximum atomic E-state index is 12.0. The molecule has 1 amide bonds. The first-order valence-corrected chi connectivity index (χ1v) is 9.68.